The van der Waals surface area contributed by atoms with Gasteiger partial charge in [-0.15, -0.1) is 0 Å². The number of hydrogen-bond acceptors (Lipinski definition) is 3. The quantitative estimate of drug-likeness (QED) is 0.491. The maximum absolute atomic E-state index is 4.70. The Balaban J connectivity index is 2.43. The van der Waals surface area contributed by atoms with Crippen LogP contribution < -0.4 is 0 Å². The van der Waals surface area contributed by atoms with Gasteiger partial charge in [0.2, 0.25) is 0 Å². The van der Waals surface area contributed by atoms with Crippen LogP contribution in [-0.2, 0) is 14.2 Å². The molecule has 0 saturated carbocycles. The Morgan fingerprint density at radius 3 is 0.889 bits per heavy atom. The van der Waals surface area contributed by atoms with E-state index in [9.17, 15) is 0 Å². The second kappa shape index (κ2) is 3.60. The third-order valence-corrected chi connectivity index (χ3v) is 0.638. The van der Waals surface area contributed by atoms with Crippen LogP contribution in [0.2, 0.25) is 0 Å². The highest BCUT2D eigenvalue weighted by molar-refractivity contribution is 4.77. The van der Waals surface area contributed by atoms with E-state index in [1.807, 2.05) is 0 Å². The highest BCUT2D eigenvalue weighted by atomic mass is 16.5. The Labute approximate surface area is 52.8 Å². The summed E-state index contributed by atoms with van der Waals surface area (Å²) in [5, 5.41) is 0. The lowest BCUT2D eigenvalue weighted by atomic mass is 11.0. The monoisotopic (exact) mass is 126 g/mol. The fraction of sp³-hybridized carbons (Fsp3) is 0. The Hall–Kier alpha value is -1.38. The van der Waals surface area contributed by atoms with Crippen LogP contribution in [0.5, 0.6) is 0 Å². The fourth-order valence-electron chi connectivity index (χ4n) is 0.329. The van der Waals surface area contributed by atoms with Crippen LogP contribution in [0.1, 0.15) is 0 Å². The summed E-state index contributed by atoms with van der Waals surface area (Å²) >= 11 is 0. The molecule has 0 aromatic rings. The third kappa shape index (κ3) is 2.43. The molecule has 9 heavy (non-hydrogen) atoms. The van der Waals surface area contributed by atoms with Gasteiger partial charge in [-0.1, -0.05) is 0 Å². The molecule has 0 radical (unpaired) electrons. The molecule has 0 atom stereocenters. The van der Waals surface area contributed by atoms with Crippen molar-refractivity contribution in [2.45, 2.75) is 0 Å². The predicted molar refractivity (Wildman–Crippen MR) is 30.7 cm³/mol. The maximum atomic E-state index is 4.70. The smallest absolute Gasteiger partial charge is 0.125 e. The lowest BCUT2D eigenvalue weighted by Gasteiger charge is -1.84. The van der Waals surface area contributed by atoms with Crippen LogP contribution in [-0.4, -0.2) is 0 Å². The molecule has 0 unspecified atom stereocenters. The largest absolute Gasteiger partial charge is 0.466 e. The number of hydrogen-bond donors (Lipinski definition) is 0. The summed E-state index contributed by atoms with van der Waals surface area (Å²) in [6.45, 7) is 0. The number of ether oxygens (including phenoxy) is 3. The molecule has 1 heterocycles. The van der Waals surface area contributed by atoms with E-state index in [2.05, 4.69) is 0 Å². The lowest BCUT2D eigenvalue weighted by Crippen LogP contribution is -1.64. The first-order chi connectivity index (χ1) is 4.50. The van der Waals surface area contributed by atoms with E-state index < -0.39 is 0 Å². The van der Waals surface area contributed by atoms with Crippen LogP contribution in [0, 0.1) is 0 Å². The van der Waals surface area contributed by atoms with Gasteiger partial charge in [0.1, 0.15) is 37.6 Å². The van der Waals surface area contributed by atoms with Gasteiger partial charge in [-0.3, -0.25) is 0 Å². The van der Waals surface area contributed by atoms with Crippen molar-refractivity contribution in [3.63, 3.8) is 0 Å². The average Bonchev–Trinajstić information content (AvgIpc) is 2.00. The zero-order chi connectivity index (χ0) is 6.36. The van der Waals surface area contributed by atoms with Crippen molar-refractivity contribution in [1.82, 2.24) is 0 Å². The molecular weight excluding hydrogens is 120 g/mol. The van der Waals surface area contributed by atoms with Crippen LogP contribution in [0.15, 0.2) is 37.6 Å². The Kier molecular flexibility index (Phi) is 2.30. The van der Waals surface area contributed by atoms with Gasteiger partial charge in [0.05, 0.1) is 0 Å². The third-order valence-electron chi connectivity index (χ3n) is 0.638. The Morgan fingerprint density at radius 2 is 0.667 bits per heavy atom. The van der Waals surface area contributed by atoms with Gasteiger partial charge in [-0.25, -0.2) is 0 Å². The van der Waals surface area contributed by atoms with Crippen molar-refractivity contribution in [2.75, 3.05) is 0 Å². The molecule has 1 rings (SSSR count). The van der Waals surface area contributed by atoms with Crippen molar-refractivity contribution in [3.05, 3.63) is 37.6 Å². The van der Waals surface area contributed by atoms with E-state index in [1.165, 1.54) is 37.6 Å². The molecule has 1 aliphatic heterocycles. The standard InChI is InChI=1S/C6H6O3/c1-2-8-5-6-9-4-3-7-1/h1-6H/b2-1-,4-3-,6-5-. The van der Waals surface area contributed by atoms with Gasteiger partial charge < -0.3 is 14.2 Å². The minimum Gasteiger partial charge on any atom is -0.466 e. The first kappa shape index (κ1) is 5.75. The molecule has 3 heteroatoms. The van der Waals surface area contributed by atoms with E-state index >= 15 is 0 Å². The summed E-state index contributed by atoms with van der Waals surface area (Å²) in [5.74, 6) is 0. The zero-order valence-electron chi connectivity index (χ0n) is 4.69. The zero-order valence-corrected chi connectivity index (χ0v) is 4.69. The summed E-state index contributed by atoms with van der Waals surface area (Å²) in [6, 6.07) is 0. The van der Waals surface area contributed by atoms with Crippen LogP contribution in [0.3, 0.4) is 0 Å². The topological polar surface area (TPSA) is 27.7 Å². The molecule has 0 fully saturated rings. The first-order valence-corrected chi connectivity index (χ1v) is 2.41. The van der Waals surface area contributed by atoms with E-state index in [4.69, 9.17) is 14.2 Å². The Morgan fingerprint density at radius 1 is 0.444 bits per heavy atom. The summed E-state index contributed by atoms with van der Waals surface area (Å²) in [4.78, 5) is 0. The van der Waals surface area contributed by atoms with E-state index in [0.29, 0.717) is 0 Å². The molecular formula is C6H6O3. The van der Waals surface area contributed by atoms with E-state index in [1.54, 1.807) is 0 Å². The summed E-state index contributed by atoms with van der Waals surface area (Å²) < 4.78 is 14.1. The average molecular weight is 126 g/mol. The van der Waals surface area contributed by atoms with Gasteiger partial charge in [-0.2, -0.15) is 0 Å². The van der Waals surface area contributed by atoms with Crippen molar-refractivity contribution in [2.24, 2.45) is 0 Å². The SMILES string of the molecule is C1=C\O/C=C\O/C=C\O/1. The minimum atomic E-state index is 1.40. The molecule has 0 bridgehead atoms. The minimum absolute atomic E-state index is 1.40. The van der Waals surface area contributed by atoms with Crippen LogP contribution in [0.25, 0.3) is 0 Å². The van der Waals surface area contributed by atoms with Crippen molar-refractivity contribution in [3.8, 4) is 0 Å². The highest BCUT2D eigenvalue weighted by Gasteiger charge is 1.75. The van der Waals surface area contributed by atoms with Gasteiger partial charge in [0.15, 0.2) is 0 Å². The van der Waals surface area contributed by atoms with Crippen LogP contribution >= 0.6 is 0 Å². The molecule has 3 nitrogen and oxygen atoms in total. The summed E-state index contributed by atoms with van der Waals surface area (Å²) in [5.41, 5.74) is 0. The molecule has 0 aromatic heterocycles. The van der Waals surface area contributed by atoms with E-state index in [-0.39, 0.29) is 0 Å². The van der Waals surface area contributed by atoms with Gasteiger partial charge in [0, 0.05) is 0 Å². The molecule has 48 valence electrons. The molecule has 0 N–H and O–H groups in total. The normalized spacial score (nSPS) is 26.7. The van der Waals surface area contributed by atoms with Crippen LogP contribution in [0.4, 0.5) is 0 Å². The molecule has 1 aliphatic rings. The molecule has 0 spiro atoms. The highest BCUT2D eigenvalue weighted by Crippen LogP contribution is 1.89. The Bertz CT molecular complexity index is 106. The van der Waals surface area contributed by atoms with Crippen molar-refractivity contribution < 1.29 is 14.2 Å². The van der Waals surface area contributed by atoms with Gasteiger partial charge >= 0.3 is 0 Å². The van der Waals surface area contributed by atoms with Crippen molar-refractivity contribution in [1.29, 1.82) is 0 Å². The molecule has 0 aliphatic carbocycles. The maximum Gasteiger partial charge on any atom is 0.125 e. The first-order valence-electron chi connectivity index (χ1n) is 2.41. The molecule has 0 aromatic carbocycles. The second-order valence-corrected chi connectivity index (χ2v) is 1.22. The summed E-state index contributed by atoms with van der Waals surface area (Å²) in [6.07, 6.45) is 8.39. The molecule has 0 amide bonds. The number of rotatable bonds is 0. The van der Waals surface area contributed by atoms with Crippen molar-refractivity contribution >= 4 is 0 Å². The second-order valence-electron chi connectivity index (χ2n) is 1.22. The lowest BCUT2D eigenvalue weighted by molar-refractivity contribution is 0.346. The summed E-state index contributed by atoms with van der Waals surface area (Å²) in [7, 11) is 0. The molecule has 0 saturated heterocycles. The fourth-order valence-corrected chi connectivity index (χ4v) is 0.329. The predicted octanol–water partition coefficient (Wildman–Crippen LogP) is 1.46. The van der Waals surface area contributed by atoms with Gasteiger partial charge in [-0.05, 0) is 0 Å². The van der Waals surface area contributed by atoms with Gasteiger partial charge in [0.25, 0.3) is 0 Å². The van der Waals surface area contributed by atoms with E-state index in [0.717, 1.165) is 0 Å².